The summed E-state index contributed by atoms with van der Waals surface area (Å²) in [6.45, 7) is 3.49. The van der Waals surface area contributed by atoms with Crippen molar-refractivity contribution in [1.29, 1.82) is 0 Å². The van der Waals surface area contributed by atoms with Crippen LogP contribution in [-0.4, -0.2) is 24.2 Å². The van der Waals surface area contributed by atoms with Crippen LogP contribution in [0.2, 0.25) is 0 Å². The van der Waals surface area contributed by atoms with Crippen LogP contribution < -0.4 is 10.6 Å². The molecule has 0 radical (unpaired) electrons. The number of halogens is 3. The number of carbonyl (C=O) groups excluding carboxylic acids is 1. The van der Waals surface area contributed by atoms with E-state index < -0.39 is 18.1 Å². The van der Waals surface area contributed by atoms with E-state index >= 15 is 0 Å². The molecule has 0 spiro atoms. The molecule has 110 valence electrons. The van der Waals surface area contributed by atoms with Crippen molar-refractivity contribution < 1.29 is 18.0 Å². The summed E-state index contributed by atoms with van der Waals surface area (Å²) in [6, 6.07) is 4.67. The van der Waals surface area contributed by atoms with Crippen LogP contribution in [0.3, 0.4) is 0 Å². The van der Waals surface area contributed by atoms with Gasteiger partial charge in [-0.2, -0.15) is 13.2 Å². The van der Waals surface area contributed by atoms with E-state index in [1.165, 1.54) is 0 Å². The number of alkyl halides is 3. The predicted molar refractivity (Wildman–Crippen MR) is 70.5 cm³/mol. The summed E-state index contributed by atoms with van der Waals surface area (Å²) in [7, 11) is 0. The smallest absolute Gasteiger partial charge is 0.328 e. The van der Waals surface area contributed by atoms with Gasteiger partial charge in [0.15, 0.2) is 0 Å². The number of anilines is 1. The Morgan fingerprint density at radius 1 is 1.50 bits per heavy atom. The van der Waals surface area contributed by atoms with E-state index in [4.69, 9.17) is 5.73 Å². The molecule has 1 aromatic carbocycles. The highest BCUT2D eigenvalue weighted by Crippen LogP contribution is 2.36. The van der Waals surface area contributed by atoms with Crippen LogP contribution in [0.5, 0.6) is 0 Å². The SMILES string of the molecule is CC(N)Cc1ccc2c(c1)CC(C)N2C(=O)C(F)(F)F. The van der Waals surface area contributed by atoms with Crippen LogP contribution in [0.25, 0.3) is 0 Å². The van der Waals surface area contributed by atoms with Crippen molar-refractivity contribution in [2.75, 3.05) is 4.90 Å². The first-order valence-electron chi connectivity index (χ1n) is 6.48. The van der Waals surface area contributed by atoms with Gasteiger partial charge in [0.2, 0.25) is 0 Å². The Bertz CT molecular complexity index is 526. The normalized spacial score (nSPS) is 19.9. The van der Waals surface area contributed by atoms with Gasteiger partial charge in [0.25, 0.3) is 0 Å². The van der Waals surface area contributed by atoms with Crippen molar-refractivity contribution in [2.24, 2.45) is 5.73 Å². The molecule has 1 heterocycles. The van der Waals surface area contributed by atoms with Gasteiger partial charge >= 0.3 is 12.1 Å². The van der Waals surface area contributed by atoms with E-state index in [0.717, 1.165) is 16.0 Å². The Morgan fingerprint density at radius 3 is 2.70 bits per heavy atom. The zero-order chi connectivity index (χ0) is 15.1. The van der Waals surface area contributed by atoms with Crippen molar-refractivity contribution in [1.82, 2.24) is 0 Å². The fraction of sp³-hybridized carbons (Fsp3) is 0.500. The van der Waals surface area contributed by atoms with Crippen LogP contribution in [0.1, 0.15) is 25.0 Å². The second-order valence-electron chi connectivity index (χ2n) is 5.37. The third-order valence-electron chi connectivity index (χ3n) is 3.38. The average Bonchev–Trinajstić information content (AvgIpc) is 2.61. The third-order valence-corrected chi connectivity index (χ3v) is 3.38. The number of benzene rings is 1. The molecule has 2 N–H and O–H groups in total. The Hall–Kier alpha value is -1.56. The van der Waals surface area contributed by atoms with Crippen molar-refractivity contribution in [3.05, 3.63) is 29.3 Å². The molecule has 2 unspecified atom stereocenters. The molecular formula is C14H17F3N2O. The molecule has 1 aromatic rings. The Morgan fingerprint density at radius 2 is 2.15 bits per heavy atom. The maximum atomic E-state index is 12.6. The molecule has 1 aliphatic rings. The number of hydrogen-bond acceptors (Lipinski definition) is 2. The summed E-state index contributed by atoms with van der Waals surface area (Å²) < 4.78 is 37.8. The molecular weight excluding hydrogens is 269 g/mol. The third kappa shape index (κ3) is 2.80. The van der Waals surface area contributed by atoms with Crippen LogP contribution >= 0.6 is 0 Å². The van der Waals surface area contributed by atoms with Gasteiger partial charge in [-0.1, -0.05) is 12.1 Å². The fourth-order valence-corrected chi connectivity index (χ4v) is 2.63. The first-order valence-corrected chi connectivity index (χ1v) is 6.48. The molecule has 20 heavy (non-hydrogen) atoms. The Balaban J connectivity index is 2.32. The second-order valence-corrected chi connectivity index (χ2v) is 5.37. The summed E-state index contributed by atoms with van der Waals surface area (Å²) in [5.74, 6) is -1.80. The van der Waals surface area contributed by atoms with E-state index in [9.17, 15) is 18.0 Å². The van der Waals surface area contributed by atoms with E-state index in [1.807, 2.05) is 13.0 Å². The highest BCUT2D eigenvalue weighted by Gasteiger charge is 2.46. The molecule has 2 atom stereocenters. The lowest BCUT2D eigenvalue weighted by Crippen LogP contribution is -2.44. The number of amides is 1. The molecule has 0 fully saturated rings. The van der Waals surface area contributed by atoms with E-state index in [-0.39, 0.29) is 6.04 Å². The molecule has 1 aliphatic heterocycles. The van der Waals surface area contributed by atoms with Crippen LogP contribution in [0.15, 0.2) is 18.2 Å². The zero-order valence-electron chi connectivity index (χ0n) is 11.4. The summed E-state index contributed by atoms with van der Waals surface area (Å²) in [5.41, 5.74) is 7.82. The molecule has 0 saturated heterocycles. The molecule has 0 aromatic heterocycles. The molecule has 1 amide bonds. The number of nitrogens with zero attached hydrogens (tertiary/aromatic N) is 1. The fourth-order valence-electron chi connectivity index (χ4n) is 2.63. The van der Waals surface area contributed by atoms with Gasteiger partial charge in [-0.25, -0.2) is 0 Å². The lowest BCUT2D eigenvalue weighted by molar-refractivity contribution is -0.170. The van der Waals surface area contributed by atoms with Crippen molar-refractivity contribution in [2.45, 2.75) is 44.9 Å². The molecule has 0 saturated carbocycles. The van der Waals surface area contributed by atoms with E-state index in [0.29, 0.717) is 18.5 Å². The van der Waals surface area contributed by atoms with Crippen LogP contribution in [0.4, 0.5) is 18.9 Å². The maximum absolute atomic E-state index is 12.6. The van der Waals surface area contributed by atoms with Crippen LogP contribution in [-0.2, 0) is 17.6 Å². The summed E-state index contributed by atoms with van der Waals surface area (Å²) in [4.78, 5) is 12.3. The zero-order valence-corrected chi connectivity index (χ0v) is 11.4. The monoisotopic (exact) mass is 286 g/mol. The van der Waals surface area contributed by atoms with Crippen molar-refractivity contribution in [3.63, 3.8) is 0 Å². The molecule has 2 rings (SSSR count). The van der Waals surface area contributed by atoms with Crippen LogP contribution in [0, 0.1) is 0 Å². The van der Waals surface area contributed by atoms with Crippen molar-refractivity contribution >= 4 is 11.6 Å². The van der Waals surface area contributed by atoms with E-state index in [1.54, 1.807) is 19.1 Å². The van der Waals surface area contributed by atoms with Gasteiger partial charge in [0, 0.05) is 17.8 Å². The van der Waals surface area contributed by atoms with Gasteiger partial charge in [0.05, 0.1) is 0 Å². The standard InChI is InChI=1S/C14H17F3N2O/c1-8(18)5-10-3-4-12-11(7-10)6-9(2)19(12)13(20)14(15,16)17/h3-4,7-9H,5-6,18H2,1-2H3. The quantitative estimate of drug-likeness (QED) is 0.907. The molecule has 0 aliphatic carbocycles. The predicted octanol–water partition coefficient (Wildman–Crippen LogP) is 2.42. The number of hydrogen-bond donors (Lipinski definition) is 1. The summed E-state index contributed by atoms with van der Waals surface area (Å²) >= 11 is 0. The summed E-state index contributed by atoms with van der Waals surface area (Å²) in [5, 5.41) is 0. The Labute approximate surface area is 115 Å². The number of fused-ring (bicyclic) bond motifs is 1. The first kappa shape index (κ1) is 14.8. The molecule has 6 heteroatoms. The molecule has 3 nitrogen and oxygen atoms in total. The maximum Gasteiger partial charge on any atom is 0.471 e. The highest BCUT2D eigenvalue weighted by atomic mass is 19.4. The largest absolute Gasteiger partial charge is 0.471 e. The summed E-state index contributed by atoms with van der Waals surface area (Å²) in [6.07, 6.45) is -3.75. The minimum absolute atomic E-state index is 0.0141. The lowest BCUT2D eigenvalue weighted by atomic mass is 10.0. The minimum atomic E-state index is -4.85. The molecule has 0 bridgehead atoms. The minimum Gasteiger partial charge on any atom is -0.328 e. The second kappa shape index (κ2) is 5.09. The van der Waals surface area contributed by atoms with Gasteiger partial charge < -0.3 is 10.6 Å². The Kier molecular flexibility index (Phi) is 3.77. The van der Waals surface area contributed by atoms with Crippen molar-refractivity contribution in [3.8, 4) is 0 Å². The number of rotatable bonds is 2. The number of nitrogens with two attached hydrogens (primary N) is 1. The highest BCUT2D eigenvalue weighted by molar-refractivity contribution is 5.99. The topological polar surface area (TPSA) is 46.3 Å². The van der Waals surface area contributed by atoms with Gasteiger partial charge in [0.1, 0.15) is 0 Å². The van der Waals surface area contributed by atoms with Gasteiger partial charge in [-0.05, 0) is 43.9 Å². The average molecular weight is 286 g/mol. The lowest BCUT2D eigenvalue weighted by Gasteiger charge is -2.23. The number of carbonyl (C=O) groups is 1. The first-order chi connectivity index (χ1) is 9.20. The van der Waals surface area contributed by atoms with E-state index in [2.05, 4.69) is 0 Å². The van der Waals surface area contributed by atoms with Gasteiger partial charge in [-0.3, -0.25) is 4.79 Å². The van der Waals surface area contributed by atoms with Gasteiger partial charge in [-0.15, -0.1) is 0 Å².